The van der Waals surface area contributed by atoms with Gasteiger partial charge in [-0.2, -0.15) is 0 Å². The molecule has 3 heterocycles. The van der Waals surface area contributed by atoms with E-state index in [0.29, 0.717) is 25.4 Å². The number of hydrogen-bond acceptors (Lipinski definition) is 11. The number of carbonyl (C=O) groups is 1. The molecule has 5 saturated carbocycles. The van der Waals surface area contributed by atoms with Crippen molar-refractivity contribution in [2.24, 2.45) is 44.8 Å². The predicted octanol–water partition coefficient (Wildman–Crippen LogP) is 2.81. The molecule has 2 bridgehead atoms. The van der Waals surface area contributed by atoms with Crippen LogP contribution < -0.4 is 0 Å². The largest absolute Gasteiger partial charge is 0.459 e. The number of fused-ring (bicyclic) bond motifs is 4. The van der Waals surface area contributed by atoms with Gasteiger partial charge < -0.3 is 49.2 Å². The van der Waals surface area contributed by atoms with Crippen LogP contribution in [0.1, 0.15) is 106 Å². The second kappa shape index (κ2) is 10.2. The molecule has 0 unspecified atom stereocenters. The Morgan fingerprint density at radius 1 is 0.854 bits per heavy atom. The lowest BCUT2D eigenvalue weighted by molar-refractivity contribution is -0.317. The van der Waals surface area contributed by atoms with Gasteiger partial charge in [-0.3, -0.25) is 4.79 Å². The summed E-state index contributed by atoms with van der Waals surface area (Å²) >= 11 is 0. The Morgan fingerprint density at radius 2 is 1.52 bits per heavy atom. The van der Waals surface area contributed by atoms with E-state index in [1.807, 2.05) is 0 Å². The second-order valence-electron chi connectivity index (χ2n) is 18.9. The van der Waals surface area contributed by atoms with Gasteiger partial charge in [0.2, 0.25) is 0 Å². The van der Waals surface area contributed by atoms with Crippen LogP contribution >= 0.6 is 0 Å². The summed E-state index contributed by atoms with van der Waals surface area (Å²) in [7, 11) is 0. The molecule has 5 aliphatic carbocycles. The Kier molecular flexibility index (Phi) is 7.24. The van der Waals surface area contributed by atoms with Gasteiger partial charge in [0.1, 0.15) is 30.0 Å². The average molecular weight is 679 g/mol. The van der Waals surface area contributed by atoms with E-state index in [-0.39, 0.29) is 40.8 Å². The highest BCUT2D eigenvalue weighted by Crippen LogP contribution is 2.89. The molecule has 3 saturated heterocycles. The molecule has 3 spiro atoms. The summed E-state index contributed by atoms with van der Waals surface area (Å²) in [5, 5.41) is 54.9. The molecule has 48 heavy (non-hydrogen) atoms. The standard InChI is InChI=1S/C37H58O11/c1-19(38)46-26-27-32(6)12-15-37(48-32,31(4,5)43)45-18-36(27)14-13-35-17-34(35)11-10-23(47-29-25(41)24(40)20(39)16-44-29)30(2,3)21(34)8-9-22(35)33(36,7)28(26)42/h20-29,39-43H,8-18H2,1-7H3/t20-,21+,22-,23+,24+,25-,26-,27+,28-,29+,32+,33-,34-,35+,36+,37+/m1/s1. The van der Waals surface area contributed by atoms with E-state index in [9.17, 15) is 30.3 Å². The van der Waals surface area contributed by atoms with Crippen LogP contribution in [0.25, 0.3) is 0 Å². The third-order valence-corrected chi connectivity index (χ3v) is 16.4. The van der Waals surface area contributed by atoms with Gasteiger partial charge in [-0.15, -0.1) is 0 Å². The molecule has 5 N–H and O–H groups in total. The molecule has 0 radical (unpaired) electrons. The smallest absolute Gasteiger partial charge is 0.303 e. The Hall–Kier alpha value is -0.890. The van der Waals surface area contributed by atoms with Crippen molar-refractivity contribution >= 4 is 5.97 Å². The second-order valence-corrected chi connectivity index (χ2v) is 18.9. The first-order chi connectivity index (χ1) is 22.3. The van der Waals surface area contributed by atoms with Crippen LogP contribution in [-0.4, -0.2) is 105 Å². The van der Waals surface area contributed by atoms with Crippen molar-refractivity contribution in [3.05, 3.63) is 0 Å². The van der Waals surface area contributed by atoms with Crippen molar-refractivity contribution < 1.29 is 54.0 Å². The van der Waals surface area contributed by atoms with E-state index in [1.54, 1.807) is 13.8 Å². The molecular weight excluding hydrogens is 620 g/mol. The molecule has 0 aromatic heterocycles. The van der Waals surface area contributed by atoms with Crippen molar-refractivity contribution in [2.75, 3.05) is 13.2 Å². The van der Waals surface area contributed by atoms with Gasteiger partial charge in [0.05, 0.1) is 31.0 Å². The highest BCUT2D eigenvalue weighted by atomic mass is 16.7. The topological polar surface area (TPSA) is 164 Å². The Morgan fingerprint density at radius 3 is 2.21 bits per heavy atom. The lowest BCUT2D eigenvalue weighted by atomic mass is 9.41. The van der Waals surface area contributed by atoms with Crippen LogP contribution in [0.15, 0.2) is 0 Å². The molecule has 0 aromatic rings. The van der Waals surface area contributed by atoms with Crippen LogP contribution in [0.3, 0.4) is 0 Å². The van der Waals surface area contributed by atoms with Gasteiger partial charge in [0, 0.05) is 30.1 Å². The van der Waals surface area contributed by atoms with Gasteiger partial charge in [0.15, 0.2) is 12.1 Å². The molecule has 0 aromatic carbocycles. The number of carbonyl (C=O) groups excluding carboxylic acids is 1. The Labute approximate surface area is 284 Å². The third-order valence-electron chi connectivity index (χ3n) is 16.4. The monoisotopic (exact) mass is 678 g/mol. The molecule has 0 amide bonds. The number of hydrogen-bond donors (Lipinski definition) is 5. The van der Waals surface area contributed by atoms with Crippen molar-refractivity contribution in [2.45, 2.75) is 166 Å². The molecular formula is C37H58O11. The zero-order chi connectivity index (χ0) is 34.7. The lowest BCUT2D eigenvalue weighted by Gasteiger charge is -2.64. The van der Waals surface area contributed by atoms with Gasteiger partial charge in [-0.05, 0) is 100 Å². The summed E-state index contributed by atoms with van der Waals surface area (Å²) in [5.41, 5.74) is -3.27. The summed E-state index contributed by atoms with van der Waals surface area (Å²) in [5.74, 6) is -1.33. The highest BCUT2D eigenvalue weighted by Gasteiger charge is 2.87. The maximum absolute atomic E-state index is 12.7. The van der Waals surface area contributed by atoms with E-state index in [4.69, 9.17) is 23.7 Å². The average Bonchev–Trinajstić information content (AvgIpc) is 3.50. The molecule has 11 heteroatoms. The molecule has 16 atom stereocenters. The first-order valence-corrected chi connectivity index (χ1v) is 18.5. The van der Waals surface area contributed by atoms with Crippen molar-refractivity contribution in [3.63, 3.8) is 0 Å². The van der Waals surface area contributed by atoms with Crippen LogP contribution in [-0.2, 0) is 28.5 Å². The van der Waals surface area contributed by atoms with E-state index in [1.165, 1.54) is 6.92 Å². The molecule has 3 aliphatic heterocycles. The minimum Gasteiger partial charge on any atom is -0.459 e. The SMILES string of the molecule is CC(=O)O[C@H]1[C@@H](O)[C@@]2(C)[C@H]3CC[C@H]4C(C)(C)[C@@H](O[C@@H]5OC[C@@H](O)[C@H](O)[C@H]5O)CC[C@@]45C[C@@]35CC[C@@]23CO[C@@]2(C(C)(C)O)CC[C@](C)(O2)[C@H]13. The molecule has 8 aliphatic rings. The predicted molar refractivity (Wildman–Crippen MR) is 170 cm³/mol. The first kappa shape index (κ1) is 34.2. The fourth-order valence-electron chi connectivity index (χ4n) is 14.1. The summed E-state index contributed by atoms with van der Waals surface area (Å²) < 4.78 is 31.9. The summed E-state index contributed by atoms with van der Waals surface area (Å²) in [6, 6.07) is 0. The molecule has 8 fully saturated rings. The summed E-state index contributed by atoms with van der Waals surface area (Å²) in [6.45, 7) is 14.0. The Bertz CT molecular complexity index is 1350. The van der Waals surface area contributed by atoms with E-state index in [0.717, 1.165) is 44.9 Å². The van der Waals surface area contributed by atoms with Gasteiger partial charge in [0.25, 0.3) is 0 Å². The zero-order valence-electron chi connectivity index (χ0n) is 29.7. The minimum absolute atomic E-state index is 0.0248. The molecule has 272 valence electrons. The van der Waals surface area contributed by atoms with Gasteiger partial charge in [-0.25, -0.2) is 0 Å². The number of aliphatic hydroxyl groups is 5. The number of aliphatic hydroxyl groups excluding tert-OH is 4. The summed E-state index contributed by atoms with van der Waals surface area (Å²) in [6.07, 6.45) is 1.09. The fourth-order valence-corrected chi connectivity index (χ4v) is 14.1. The van der Waals surface area contributed by atoms with E-state index < -0.39 is 70.6 Å². The fraction of sp³-hybridized carbons (Fsp3) is 0.973. The van der Waals surface area contributed by atoms with Crippen molar-refractivity contribution in [3.8, 4) is 0 Å². The maximum atomic E-state index is 12.7. The summed E-state index contributed by atoms with van der Waals surface area (Å²) in [4.78, 5) is 12.7. The minimum atomic E-state index is -1.32. The number of esters is 1. The van der Waals surface area contributed by atoms with Gasteiger partial charge in [-0.1, -0.05) is 20.8 Å². The van der Waals surface area contributed by atoms with Gasteiger partial charge >= 0.3 is 5.97 Å². The zero-order valence-corrected chi connectivity index (χ0v) is 29.7. The Balaban J connectivity index is 1.13. The normalized spacial score (nSPS) is 58.1. The number of ether oxygens (including phenoxy) is 5. The molecule has 11 nitrogen and oxygen atoms in total. The quantitative estimate of drug-likeness (QED) is 0.219. The maximum Gasteiger partial charge on any atom is 0.303 e. The van der Waals surface area contributed by atoms with Crippen LogP contribution in [0.5, 0.6) is 0 Å². The van der Waals surface area contributed by atoms with Crippen molar-refractivity contribution in [1.82, 2.24) is 0 Å². The first-order valence-electron chi connectivity index (χ1n) is 18.5. The van der Waals surface area contributed by atoms with E-state index in [2.05, 4.69) is 27.7 Å². The highest BCUT2D eigenvalue weighted by molar-refractivity contribution is 5.66. The van der Waals surface area contributed by atoms with Crippen LogP contribution in [0.4, 0.5) is 0 Å². The lowest BCUT2D eigenvalue weighted by Crippen LogP contribution is -2.63. The number of rotatable bonds is 4. The van der Waals surface area contributed by atoms with E-state index >= 15 is 0 Å². The van der Waals surface area contributed by atoms with Crippen molar-refractivity contribution in [1.29, 1.82) is 0 Å². The van der Waals surface area contributed by atoms with Crippen LogP contribution in [0, 0.1) is 44.8 Å². The van der Waals surface area contributed by atoms with Crippen LogP contribution in [0.2, 0.25) is 0 Å². The molecule has 8 rings (SSSR count). The third kappa shape index (κ3) is 3.95.